The zero-order valence-electron chi connectivity index (χ0n) is 15.8. The lowest BCUT2D eigenvalue weighted by molar-refractivity contribution is -0.151. The Labute approximate surface area is 152 Å². The molecule has 1 rings (SSSR count). The van der Waals surface area contributed by atoms with Crippen molar-refractivity contribution in [3.05, 3.63) is 47.5 Å². The van der Waals surface area contributed by atoms with E-state index in [2.05, 4.69) is 18.8 Å². The number of hydrogen-bond donors (Lipinski definition) is 1. The van der Waals surface area contributed by atoms with Crippen LogP contribution in [0.1, 0.15) is 71.5 Å². The lowest BCUT2D eigenvalue weighted by Gasteiger charge is -2.22. The number of aliphatic hydroxyl groups excluding tert-OH is 1. The minimum Gasteiger partial charge on any atom is -0.457 e. The molecule has 0 fully saturated rings. The predicted molar refractivity (Wildman–Crippen MR) is 102 cm³/mol. The molecule has 1 aromatic rings. The Bertz CT molecular complexity index is 612. The highest BCUT2D eigenvalue weighted by atomic mass is 16.6. The van der Waals surface area contributed by atoms with Crippen LogP contribution in [0.4, 0.5) is 0 Å². The van der Waals surface area contributed by atoms with Crippen LogP contribution in [0.2, 0.25) is 0 Å². The van der Waals surface area contributed by atoms with E-state index in [1.165, 1.54) is 25.3 Å². The summed E-state index contributed by atoms with van der Waals surface area (Å²) in [5, 5.41) is 10.6. The highest BCUT2D eigenvalue weighted by molar-refractivity contribution is 5.90. The molecule has 0 aliphatic rings. The molecule has 3 nitrogen and oxygen atoms in total. The van der Waals surface area contributed by atoms with Crippen LogP contribution in [0, 0.1) is 11.8 Å². The van der Waals surface area contributed by atoms with E-state index in [9.17, 15) is 9.90 Å². The maximum absolute atomic E-state index is 12.5. The lowest BCUT2D eigenvalue weighted by atomic mass is 10.0. The third kappa shape index (κ3) is 8.56. The fraction of sp³-hybridized carbons (Fsp3) is 0.500. The number of benzene rings is 1. The van der Waals surface area contributed by atoms with E-state index in [4.69, 9.17) is 4.74 Å². The molecule has 1 aromatic carbocycles. The standard InChI is InChI=1S/C22H30O3/c1-5-6-7-8-9-10-14-17-19(21(24)25-22(2,3)4)20(23)18-15-12-11-13-16-18/h11-13,15-17,20,23H,5-9H2,1-4H3/b19-17-. The number of esters is 1. The first-order valence-corrected chi connectivity index (χ1v) is 9.00. The van der Waals surface area contributed by atoms with Crippen molar-refractivity contribution in [1.82, 2.24) is 0 Å². The number of ether oxygens (including phenoxy) is 1. The number of carbonyl (C=O) groups is 1. The van der Waals surface area contributed by atoms with Gasteiger partial charge in [0, 0.05) is 12.5 Å². The van der Waals surface area contributed by atoms with E-state index in [1.54, 1.807) is 32.9 Å². The van der Waals surface area contributed by atoms with Gasteiger partial charge in [0.1, 0.15) is 11.7 Å². The lowest BCUT2D eigenvalue weighted by Crippen LogP contribution is -2.26. The molecule has 0 aliphatic carbocycles. The minimum absolute atomic E-state index is 0.169. The van der Waals surface area contributed by atoms with Crippen LogP contribution in [0.15, 0.2) is 42.0 Å². The molecule has 0 heterocycles. The van der Waals surface area contributed by atoms with Crippen LogP contribution in [-0.4, -0.2) is 16.7 Å². The van der Waals surface area contributed by atoms with Crippen molar-refractivity contribution >= 4 is 5.97 Å². The second-order valence-corrected chi connectivity index (χ2v) is 7.05. The molecular weight excluding hydrogens is 312 g/mol. The minimum atomic E-state index is -1.05. The van der Waals surface area contributed by atoms with Crippen LogP contribution in [0.3, 0.4) is 0 Å². The summed E-state index contributed by atoms with van der Waals surface area (Å²) in [6.07, 6.45) is 5.86. The summed E-state index contributed by atoms with van der Waals surface area (Å²) in [5.41, 5.74) is 0.187. The fourth-order valence-electron chi connectivity index (χ4n) is 2.24. The summed E-state index contributed by atoms with van der Waals surface area (Å²) in [6, 6.07) is 9.07. The van der Waals surface area contributed by atoms with E-state index >= 15 is 0 Å². The van der Waals surface area contributed by atoms with Gasteiger partial charge < -0.3 is 9.84 Å². The number of unbranched alkanes of at least 4 members (excludes halogenated alkanes) is 4. The third-order valence-corrected chi connectivity index (χ3v) is 3.53. The average Bonchev–Trinajstić information content (AvgIpc) is 2.56. The van der Waals surface area contributed by atoms with Crippen molar-refractivity contribution in [2.45, 2.75) is 71.5 Å². The zero-order chi connectivity index (χ0) is 18.7. The van der Waals surface area contributed by atoms with E-state index in [0.717, 1.165) is 12.8 Å². The van der Waals surface area contributed by atoms with Gasteiger partial charge in [0.2, 0.25) is 0 Å². The number of hydrogen-bond acceptors (Lipinski definition) is 3. The van der Waals surface area contributed by atoms with Gasteiger partial charge in [0.05, 0.1) is 5.57 Å². The Morgan fingerprint density at radius 3 is 2.48 bits per heavy atom. The normalized spacial score (nSPS) is 12.9. The summed E-state index contributed by atoms with van der Waals surface area (Å²) in [7, 11) is 0. The highest BCUT2D eigenvalue weighted by Gasteiger charge is 2.25. The second kappa shape index (κ2) is 10.7. The largest absolute Gasteiger partial charge is 0.457 e. The van der Waals surface area contributed by atoms with Crippen LogP contribution in [0.5, 0.6) is 0 Å². The fourth-order valence-corrected chi connectivity index (χ4v) is 2.24. The molecule has 0 saturated heterocycles. The average molecular weight is 342 g/mol. The molecule has 0 aliphatic heterocycles. The van der Waals surface area contributed by atoms with Gasteiger partial charge in [-0.15, -0.1) is 0 Å². The van der Waals surface area contributed by atoms with E-state index in [-0.39, 0.29) is 5.57 Å². The van der Waals surface area contributed by atoms with E-state index in [1.807, 2.05) is 18.2 Å². The summed E-state index contributed by atoms with van der Waals surface area (Å²) in [6.45, 7) is 7.58. The summed E-state index contributed by atoms with van der Waals surface area (Å²) in [4.78, 5) is 12.5. The van der Waals surface area contributed by atoms with Crippen LogP contribution in [0.25, 0.3) is 0 Å². The van der Waals surface area contributed by atoms with Crippen molar-refractivity contribution < 1.29 is 14.6 Å². The summed E-state index contributed by atoms with van der Waals surface area (Å²) < 4.78 is 5.42. The molecule has 0 bridgehead atoms. The van der Waals surface area contributed by atoms with Gasteiger partial charge >= 0.3 is 5.97 Å². The topological polar surface area (TPSA) is 46.5 Å². The Morgan fingerprint density at radius 2 is 1.88 bits per heavy atom. The van der Waals surface area contributed by atoms with Crippen molar-refractivity contribution in [2.75, 3.05) is 0 Å². The molecule has 0 radical (unpaired) electrons. The van der Waals surface area contributed by atoms with Gasteiger partial charge in [-0.2, -0.15) is 0 Å². The van der Waals surface area contributed by atoms with Crippen molar-refractivity contribution in [2.24, 2.45) is 0 Å². The Morgan fingerprint density at radius 1 is 1.20 bits per heavy atom. The molecule has 1 unspecified atom stereocenters. The molecule has 1 atom stereocenters. The third-order valence-electron chi connectivity index (χ3n) is 3.53. The maximum atomic E-state index is 12.5. The Balaban J connectivity index is 2.89. The van der Waals surface area contributed by atoms with E-state index in [0.29, 0.717) is 5.56 Å². The van der Waals surface area contributed by atoms with Gasteiger partial charge in [-0.05, 0) is 32.8 Å². The zero-order valence-corrected chi connectivity index (χ0v) is 15.8. The first kappa shape index (κ1) is 21.0. The molecule has 25 heavy (non-hydrogen) atoms. The van der Waals surface area contributed by atoms with Gasteiger partial charge in [-0.3, -0.25) is 0 Å². The molecule has 0 aromatic heterocycles. The van der Waals surface area contributed by atoms with Gasteiger partial charge in [-0.25, -0.2) is 4.79 Å². The molecular formula is C22H30O3. The number of carbonyl (C=O) groups excluding carboxylic acids is 1. The molecule has 136 valence electrons. The van der Waals surface area contributed by atoms with Crippen molar-refractivity contribution in [3.63, 3.8) is 0 Å². The maximum Gasteiger partial charge on any atom is 0.338 e. The second-order valence-electron chi connectivity index (χ2n) is 7.05. The van der Waals surface area contributed by atoms with Crippen LogP contribution < -0.4 is 0 Å². The van der Waals surface area contributed by atoms with Gasteiger partial charge in [0.15, 0.2) is 0 Å². The Hall–Kier alpha value is -2.05. The van der Waals surface area contributed by atoms with Crippen LogP contribution >= 0.6 is 0 Å². The first-order valence-electron chi connectivity index (χ1n) is 9.00. The number of allylic oxidation sites excluding steroid dienone is 1. The summed E-state index contributed by atoms with van der Waals surface area (Å²) in [5.74, 6) is 5.42. The summed E-state index contributed by atoms with van der Waals surface area (Å²) >= 11 is 0. The monoisotopic (exact) mass is 342 g/mol. The number of aliphatic hydroxyl groups is 1. The van der Waals surface area contributed by atoms with Crippen molar-refractivity contribution in [3.8, 4) is 11.8 Å². The predicted octanol–water partition coefficient (Wildman–Crippen LogP) is 4.96. The molecule has 1 N–H and O–H groups in total. The molecule has 0 saturated carbocycles. The first-order chi connectivity index (χ1) is 11.8. The van der Waals surface area contributed by atoms with Crippen molar-refractivity contribution in [1.29, 1.82) is 0 Å². The molecule has 0 amide bonds. The highest BCUT2D eigenvalue weighted by Crippen LogP contribution is 2.24. The Kier molecular flexibility index (Phi) is 9.02. The van der Waals surface area contributed by atoms with E-state index < -0.39 is 17.7 Å². The molecule has 3 heteroatoms. The number of rotatable bonds is 7. The van der Waals surface area contributed by atoms with Gasteiger partial charge in [-0.1, -0.05) is 68.4 Å². The smallest absolute Gasteiger partial charge is 0.338 e. The molecule has 0 spiro atoms. The van der Waals surface area contributed by atoms with Gasteiger partial charge in [0.25, 0.3) is 0 Å². The van der Waals surface area contributed by atoms with Crippen LogP contribution in [-0.2, 0) is 9.53 Å². The quantitative estimate of drug-likeness (QED) is 0.330. The SMILES string of the molecule is CCCCCCC#C/C=C(\C(=O)OC(C)(C)C)C(O)c1ccccc1.